The number of hydrogen-bond donors (Lipinski definition) is 2. The summed E-state index contributed by atoms with van der Waals surface area (Å²) in [6, 6.07) is 9.44. The van der Waals surface area contributed by atoms with Crippen LogP contribution >= 0.6 is 0 Å². The highest BCUT2D eigenvalue weighted by atomic mass is 16.2. The van der Waals surface area contributed by atoms with Gasteiger partial charge in [0, 0.05) is 19.6 Å². The minimum absolute atomic E-state index is 0.0645. The summed E-state index contributed by atoms with van der Waals surface area (Å²) in [5, 5.41) is 6.03. The average molecular weight is 344 g/mol. The van der Waals surface area contributed by atoms with Crippen molar-refractivity contribution in [3.05, 3.63) is 35.9 Å². The van der Waals surface area contributed by atoms with Gasteiger partial charge < -0.3 is 20.4 Å². The average Bonchev–Trinajstić information content (AvgIpc) is 3.08. The van der Waals surface area contributed by atoms with Crippen molar-refractivity contribution in [1.29, 1.82) is 0 Å². The molecule has 2 heterocycles. The molecule has 6 nitrogen and oxygen atoms in total. The monoisotopic (exact) mass is 344 g/mol. The van der Waals surface area contributed by atoms with E-state index in [9.17, 15) is 9.59 Å². The lowest BCUT2D eigenvalue weighted by molar-refractivity contribution is -0.124. The van der Waals surface area contributed by atoms with Gasteiger partial charge in [0.25, 0.3) is 0 Å². The van der Waals surface area contributed by atoms with Crippen LogP contribution in [0.15, 0.2) is 30.3 Å². The van der Waals surface area contributed by atoms with Crippen molar-refractivity contribution in [3.63, 3.8) is 0 Å². The van der Waals surface area contributed by atoms with E-state index in [2.05, 4.69) is 27.7 Å². The molecule has 0 unspecified atom stereocenters. The zero-order valence-electron chi connectivity index (χ0n) is 14.9. The van der Waals surface area contributed by atoms with Crippen LogP contribution in [0.25, 0.3) is 0 Å². The third kappa shape index (κ3) is 4.51. The second-order valence-corrected chi connectivity index (χ2v) is 6.93. The summed E-state index contributed by atoms with van der Waals surface area (Å²) in [7, 11) is 0. The standard InChI is InChI=1S/C19H28N4O2/c1-15-18(24)20-10-7-13-23(15)19(25)21-17(14-22-11-5-6-12-22)16-8-3-2-4-9-16/h2-4,8-9,15,17H,5-7,10-14H2,1H3,(H,20,24)(H,21,25)/t15-,17-/m0/s1. The zero-order valence-corrected chi connectivity index (χ0v) is 14.9. The fourth-order valence-corrected chi connectivity index (χ4v) is 3.60. The Hall–Kier alpha value is -2.08. The maximum Gasteiger partial charge on any atom is 0.318 e. The van der Waals surface area contributed by atoms with E-state index in [-0.39, 0.29) is 18.0 Å². The molecule has 6 heteroatoms. The molecule has 2 saturated heterocycles. The molecule has 0 aliphatic carbocycles. The van der Waals surface area contributed by atoms with Gasteiger partial charge in [0.15, 0.2) is 0 Å². The van der Waals surface area contributed by atoms with E-state index in [0.29, 0.717) is 13.1 Å². The molecular weight excluding hydrogens is 316 g/mol. The molecule has 0 aromatic heterocycles. The van der Waals surface area contributed by atoms with E-state index in [1.165, 1.54) is 12.8 Å². The number of nitrogens with one attached hydrogen (secondary N) is 2. The lowest BCUT2D eigenvalue weighted by Crippen LogP contribution is -2.51. The predicted octanol–water partition coefficient (Wildman–Crippen LogP) is 1.74. The van der Waals surface area contributed by atoms with Crippen molar-refractivity contribution in [2.75, 3.05) is 32.7 Å². The van der Waals surface area contributed by atoms with Crippen LogP contribution in [0.3, 0.4) is 0 Å². The molecule has 2 fully saturated rings. The molecule has 136 valence electrons. The van der Waals surface area contributed by atoms with Crippen LogP contribution in [-0.2, 0) is 4.79 Å². The molecule has 1 aromatic rings. The quantitative estimate of drug-likeness (QED) is 0.874. The largest absolute Gasteiger partial charge is 0.354 e. The first kappa shape index (κ1) is 17.7. The lowest BCUT2D eigenvalue weighted by Gasteiger charge is -2.30. The Morgan fingerprint density at radius 1 is 1.20 bits per heavy atom. The Balaban J connectivity index is 1.72. The number of carbonyl (C=O) groups is 2. The van der Waals surface area contributed by atoms with Crippen LogP contribution in [0, 0.1) is 0 Å². The highest BCUT2D eigenvalue weighted by molar-refractivity contribution is 5.87. The number of rotatable bonds is 4. The lowest BCUT2D eigenvalue weighted by atomic mass is 10.1. The summed E-state index contributed by atoms with van der Waals surface area (Å²) in [5.74, 6) is -0.0801. The summed E-state index contributed by atoms with van der Waals surface area (Å²) in [6.45, 7) is 5.99. The fourth-order valence-electron chi connectivity index (χ4n) is 3.60. The van der Waals surface area contributed by atoms with Gasteiger partial charge in [-0.3, -0.25) is 4.79 Å². The van der Waals surface area contributed by atoms with E-state index < -0.39 is 6.04 Å². The number of likely N-dealkylation sites (tertiary alicyclic amines) is 1. The van der Waals surface area contributed by atoms with E-state index in [1.807, 2.05) is 18.2 Å². The normalized spacial score (nSPS) is 23.0. The van der Waals surface area contributed by atoms with Gasteiger partial charge >= 0.3 is 6.03 Å². The van der Waals surface area contributed by atoms with Crippen LogP contribution in [-0.4, -0.2) is 60.5 Å². The number of urea groups is 1. The molecule has 2 N–H and O–H groups in total. The van der Waals surface area contributed by atoms with Crippen LogP contribution in [0.1, 0.15) is 37.8 Å². The molecule has 0 bridgehead atoms. The SMILES string of the molecule is C[C@H]1C(=O)NCCCN1C(=O)N[C@@H](CN1CCCC1)c1ccccc1. The first-order valence-electron chi connectivity index (χ1n) is 9.27. The molecule has 2 aliphatic heterocycles. The molecule has 0 saturated carbocycles. The van der Waals surface area contributed by atoms with E-state index in [4.69, 9.17) is 0 Å². The topological polar surface area (TPSA) is 64.7 Å². The van der Waals surface area contributed by atoms with Gasteiger partial charge in [0.2, 0.25) is 5.91 Å². The third-order valence-electron chi connectivity index (χ3n) is 5.12. The van der Waals surface area contributed by atoms with Gasteiger partial charge in [-0.2, -0.15) is 0 Å². The second-order valence-electron chi connectivity index (χ2n) is 6.93. The summed E-state index contributed by atoms with van der Waals surface area (Å²) in [6.07, 6.45) is 3.23. The number of carbonyl (C=O) groups excluding carboxylic acids is 2. The van der Waals surface area contributed by atoms with E-state index in [1.54, 1.807) is 11.8 Å². The van der Waals surface area contributed by atoms with Gasteiger partial charge in [-0.1, -0.05) is 30.3 Å². The molecule has 2 aliphatic rings. The van der Waals surface area contributed by atoms with Crippen molar-refractivity contribution in [3.8, 4) is 0 Å². The molecule has 2 atom stereocenters. The van der Waals surface area contributed by atoms with Crippen LogP contribution < -0.4 is 10.6 Å². The number of benzene rings is 1. The van der Waals surface area contributed by atoms with Crippen molar-refractivity contribution in [2.45, 2.75) is 38.3 Å². The molecule has 0 spiro atoms. The van der Waals surface area contributed by atoms with Gasteiger partial charge in [0.1, 0.15) is 6.04 Å². The van der Waals surface area contributed by atoms with E-state index >= 15 is 0 Å². The summed E-state index contributed by atoms with van der Waals surface area (Å²) >= 11 is 0. The highest BCUT2D eigenvalue weighted by Gasteiger charge is 2.30. The molecule has 25 heavy (non-hydrogen) atoms. The van der Waals surface area contributed by atoms with E-state index in [0.717, 1.165) is 31.6 Å². The van der Waals surface area contributed by atoms with Gasteiger partial charge in [0.05, 0.1) is 6.04 Å². The van der Waals surface area contributed by atoms with Crippen LogP contribution in [0.5, 0.6) is 0 Å². The Bertz CT molecular complexity index is 586. The van der Waals surface area contributed by atoms with Gasteiger partial charge in [-0.15, -0.1) is 0 Å². The second kappa shape index (κ2) is 8.34. The van der Waals surface area contributed by atoms with Crippen molar-refractivity contribution >= 4 is 11.9 Å². The Morgan fingerprint density at radius 2 is 1.92 bits per heavy atom. The maximum absolute atomic E-state index is 12.9. The Kier molecular flexibility index (Phi) is 5.91. The summed E-state index contributed by atoms with van der Waals surface area (Å²) < 4.78 is 0. The minimum atomic E-state index is -0.439. The maximum atomic E-state index is 12.9. The Morgan fingerprint density at radius 3 is 2.64 bits per heavy atom. The van der Waals surface area contributed by atoms with Crippen molar-refractivity contribution in [1.82, 2.24) is 20.4 Å². The minimum Gasteiger partial charge on any atom is -0.354 e. The van der Waals surface area contributed by atoms with Crippen molar-refractivity contribution in [2.24, 2.45) is 0 Å². The molecule has 1 aromatic carbocycles. The van der Waals surface area contributed by atoms with Gasteiger partial charge in [-0.05, 0) is 44.8 Å². The highest BCUT2D eigenvalue weighted by Crippen LogP contribution is 2.18. The predicted molar refractivity (Wildman–Crippen MR) is 97.2 cm³/mol. The molecule has 3 amide bonds. The number of nitrogens with zero attached hydrogens (tertiary/aromatic N) is 2. The molecule has 0 radical (unpaired) electrons. The fraction of sp³-hybridized carbons (Fsp3) is 0.579. The molecule has 3 rings (SSSR count). The number of amides is 3. The van der Waals surface area contributed by atoms with Crippen LogP contribution in [0.2, 0.25) is 0 Å². The first-order chi connectivity index (χ1) is 12.1. The van der Waals surface area contributed by atoms with Crippen molar-refractivity contribution < 1.29 is 9.59 Å². The smallest absolute Gasteiger partial charge is 0.318 e. The van der Waals surface area contributed by atoms with Crippen LogP contribution in [0.4, 0.5) is 4.79 Å². The summed E-state index contributed by atoms with van der Waals surface area (Å²) in [5.41, 5.74) is 1.11. The molecular formula is C19H28N4O2. The Labute approximate surface area is 149 Å². The first-order valence-corrected chi connectivity index (χ1v) is 9.27. The number of hydrogen-bond acceptors (Lipinski definition) is 3. The third-order valence-corrected chi connectivity index (χ3v) is 5.12. The zero-order chi connectivity index (χ0) is 17.6. The van der Waals surface area contributed by atoms with Gasteiger partial charge in [-0.25, -0.2) is 4.79 Å². The summed E-state index contributed by atoms with van der Waals surface area (Å²) in [4.78, 5) is 29.0.